The second-order valence-corrected chi connectivity index (χ2v) is 7.03. The summed E-state index contributed by atoms with van der Waals surface area (Å²) in [7, 11) is 0. The average Bonchev–Trinajstić information content (AvgIpc) is 2.62. The number of hydrogen-bond donors (Lipinski definition) is 0. The van der Waals surface area contributed by atoms with Crippen LogP contribution in [-0.2, 0) is 6.61 Å². The van der Waals surface area contributed by atoms with Crippen LogP contribution in [0.3, 0.4) is 0 Å². The first-order valence-electron chi connectivity index (χ1n) is 8.42. The molecule has 1 fully saturated rings. The standard InChI is InChI=1S/C20H22BrNO2/c1-15-18(24-14-16-8-4-2-5-9-16)11-10-17(21)19(15)20(23)22-12-6-3-7-13-22/h2,4-5,8-11H,3,6-7,12-14H2,1H3. The Balaban J connectivity index is 1.80. The number of ether oxygens (including phenoxy) is 1. The predicted octanol–water partition coefficient (Wildman–Crippen LogP) is 4.96. The molecule has 126 valence electrons. The fourth-order valence-corrected chi connectivity index (χ4v) is 3.67. The molecule has 24 heavy (non-hydrogen) atoms. The second kappa shape index (κ2) is 7.84. The number of halogens is 1. The van der Waals surface area contributed by atoms with Gasteiger partial charge in [-0.15, -0.1) is 0 Å². The minimum atomic E-state index is 0.101. The van der Waals surface area contributed by atoms with E-state index in [4.69, 9.17) is 4.74 Å². The van der Waals surface area contributed by atoms with Crippen molar-refractivity contribution in [2.24, 2.45) is 0 Å². The molecule has 1 amide bonds. The molecular weight excluding hydrogens is 366 g/mol. The molecule has 1 aliphatic rings. The maximum Gasteiger partial charge on any atom is 0.255 e. The summed E-state index contributed by atoms with van der Waals surface area (Å²) in [6, 6.07) is 13.9. The molecule has 0 aromatic heterocycles. The van der Waals surface area contributed by atoms with Crippen molar-refractivity contribution < 1.29 is 9.53 Å². The van der Waals surface area contributed by atoms with Gasteiger partial charge < -0.3 is 9.64 Å². The van der Waals surface area contributed by atoms with Crippen molar-refractivity contribution in [2.75, 3.05) is 13.1 Å². The van der Waals surface area contributed by atoms with Crippen LogP contribution in [0.25, 0.3) is 0 Å². The largest absolute Gasteiger partial charge is 0.489 e. The van der Waals surface area contributed by atoms with Crippen LogP contribution in [0.1, 0.15) is 40.7 Å². The lowest BCUT2D eigenvalue weighted by Gasteiger charge is -2.28. The van der Waals surface area contributed by atoms with Crippen LogP contribution in [0.4, 0.5) is 0 Å². The van der Waals surface area contributed by atoms with Gasteiger partial charge in [0.25, 0.3) is 5.91 Å². The smallest absolute Gasteiger partial charge is 0.255 e. The third-order valence-electron chi connectivity index (χ3n) is 4.46. The highest BCUT2D eigenvalue weighted by Crippen LogP contribution is 2.30. The highest BCUT2D eigenvalue weighted by Gasteiger charge is 2.23. The molecule has 0 aliphatic carbocycles. The van der Waals surface area contributed by atoms with Crippen molar-refractivity contribution >= 4 is 21.8 Å². The van der Waals surface area contributed by atoms with Crippen LogP contribution in [0.2, 0.25) is 0 Å². The van der Waals surface area contributed by atoms with Gasteiger partial charge in [-0.25, -0.2) is 0 Å². The number of carbonyl (C=O) groups excluding carboxylic acids is 1. The molecule has 1 saturated heterocycles. The first kappa shape index (κ1) is 17.0. The molecule has 2 aromatic rings. The zero-order chi connectivity index (χ0) is 16.9. The molecule has 3 nitrogen and oxygen atoms in total. The number of benzene rings is 2. The number of piperidine rings is 1. The summed E-state index contributed by atoms with van der Waals surface area (Å²) in [6.07, 6.45) is 3.39. The van der Waals surface area contributed by atoms with Gasteiger partial charge in [0.1, 0.15) is 12.4 Å². The normalized spacial score (nSPS) is 14.5. The summed E-state index contributed by atoms with van der Waals surface area (Å²) in [5.41, 5.74) is 2.74. The Hall–Kier alpha value is -1.81. The quantitative estimate of drug-likeness (QED) is 0.741. The van der Waals surface area contributed by atoms with E-state index in [9.17, 15) is 4.79 Å². The van der Waals surface area contributed by atoms with E-state index in [0.717, 1.165) is 52.8 Å². The minimum absolute atomic E-state index is 0.101. The van der Waals surface area contributed by atoms with Gasteiger partial charge in [-0.3, -0.25) is 4.79 Å². The van der Waals surface area contributed by atoms with Gasteiger partial charge in [0.2, 0.25) is 0 Å². The highest BCUT2D eigenvalue weighted by atomic mass is 79.9. The van der Waals surface area contributed by atoms with Gasteiger partial charge in [-0.05, 0) is 59.8 Å². The Labute approximate surface area is 151 Å². The van der Waals surface area contributed by atoms with E-state index in [1.165, 1.54) is 6.42 Å². The number of hydrogen-bond acceptors (Lipinski definition) is 2. The monoisotopic (exact) mass is 387 g/mol. The van der Waals surface area contributed by atoms with Crippen molar-refractivity contribution in [3.8, 4) is 5.75 Å². The third-order valence-corrected chi connectivity index (χ3v) is 5.12. The van der Waals surface area contributed by atoms with Crippen molar-refractivity contribution in [1.29, 1.82) is 0 Å². The molecule has 0 radical (unpaired) electrons. The first-order chi connectivity index (χ1) is 11.7. The Morgan fingerprint density at radius 2 is 1.79 bits per heavy atom. The fraction of sp³-hybridized carbons (Fsp3) is 0.350. The number of amides is 1. The molecule has 0 N–H and O–H groups in total. The molecule has 1 aliphatic heterocycles. The fourth-order valence-electron chi connectivity index (χ4n) is 3.07. The van der Waals surface area contributed by atoms with E-state index >= 15 is 0 Å². The van der Waals surface area contributed by atoms with E-state index in [1.807, 2.05) is 54.3 Å². The molecule has 4 heteroatoms. The lowest BCUT2D eigenvalue weighted by atomic mass is 10.0. The first-order valence-corrected chi connectivity index (χ1v) is 9.21. The summed E-state index contributed by atoms with van der Waals surface area (Å²) in [5.74, 6) is 0.867. The second-order valence-electron chi connectivity index (χ2n) is 6.17. The highest BCUT2D eigenvalue weighted by molar-refractivity contribution is 9.10. The molecule has 0 saturated carbocycles. The van der Waals surface area contributed by atoms with Crippen LogP contribution in [-0.4, -0.2) is 23.9 Å². The van der Waals surface area contributed by atoms with Crippen molar-refractivity contribution in [1.82, 2.24) is 4.90 Å². The zero-order valence-corrected chi connectivity index (χ0v) is 15.5. The molecule has 3 rings (SSSR count). The summed E-state index contributed by atoms with van der Waals surface area (Å²) >= 11 is 3.54. The van der Waals surface area contributed by atoms with Crippen LogP contribution in [0.5, 0.6) is 5.75 Å². The third kappa shape index (κ3) is 3.81. The van der Waals surface area contributed by atoms with Crippen LogP contribution >= 0.6 is 15.9 Å². The summed E-state index contributed by atoms with van der Waals surface area (Å²) in [4.78, 5) is 14.9. The number of likely N-dealkylation sites (tertiary alicyclic amines) is 1. The summed E-state index contributed by atoms with van der Waals surface area (Å²) in [6.45, 7) is 4.16. The van der Waals surface area contributed by atoms with E-state index in [2.05, 4.69) is 15.9 Å². The maximum absolute atomic E-state index is 12.9. The Bertz CT molecular complexity index is 709. The van der Waals surface area contributed by atoms with Gasteiger partial charge in [-0.2, -0.15) is 0 Å². The molecule has 1 heterocycles. The Morgan fingerprint density at radius 3 is 2.50 bits per heavy atom. The van der Waals surface area contributed by atoms with Crippen LogP contribution in [0, 0.1) is 6.92 Å². The summed E-state index contributed by atoms with van der Waals surface area (Å²) in [5, 5.41) is 0. The molecule has 0 spiro atoms. The van der Waals surface area contributed by atoms with Gasteiger partial charge in [0.05, 0.1) is 5.56 Å². The van der Waals surface area contributed by atoms with Crippen molar-refractivity contribution in [3.05, 3.63) is 63.6 Å². The number of carbonyl (C=O) groups is 1. The average molecular weight is 388 g/mol. The van der Waals surface area contributed by atoms with E-state index in [1.54, 1.807) is 0 Å². The minimum Gasteiger partial charge on any atom is -0.489 e. The SMILES string of the molecule is Cc1c(OCc2ccccc2)ccc(Br)c1C(=O)N1CCCCC1. The maximum atomic E-state index is 12.9. The van der Waals surface area contributed by atoms with Crippen molar-refractivity contribution in [2.45, 2.75) is 32.8 Å². The molecule has 2 aromatic carbocycles. The van der Waals surface area contributed by atoms with Crippen LogP contribution < -0.4 is 4.74 Å². The molecule has 0 bridgehead atoms. The molecule has 0 atom stereocenters. The van der Waals surface area contributed by atoms with Gasteiger partial charge in [0.15, 0.2) is 0 Å². The summed E-state index contributed by atoms with van der Waals surface area (Å²) < 4.78 is 6.80. The number of nitrogens with zero attached hydrogens (tertiary/aromatic N) is 1. The zero-order valence-electron chi connectivity index (χ0n) is 13.9. The van der Waals surface area contributed by atoms with E-state index in [-0.39, 0.29) is 5.91 Å². The molecule has 0 unspecified atom stereocenters. The Kier molecular flexibility index (Phi) is 5.56. The predicted molar refractivity (Wildman–Crippen MR) is 99.4 cm³/mol. The lowest BCUT2D eigenvalue weighted by molar-refractivity contribution is 0.0722. The van der Waals surface area contributed by atoms with Crippen LogP contribution in [0.15, 0.2) is 46.9 Å². The lowest BCUT2D eigenvalue weighted by Crippen LogP contribution is -2.36. The molecular formula is C20H22BrNO2. The van der Waals surface area contributed by atoms with E-state index < -0.39 is 0 Å². The Morgan fingerprint density at radius 1 is 1.08 bits per heavy atom. The van der Waals surface area contributed by atoms with Gasteiger partial charge in [0, 0.05) is 23.1 Å². The van der Waals surface area contributed by atoms with Gasteiger partial charge >= 0.3 is 0 Å². The van der Waals surface area contributed by atoms with E-state index in [0.29, 0.717) is 6.61 Å². The number of rotatable bonds is 4. The topological polar surface area (TPSA) is 29.5 Å². The van der Waals surface area contributed by atoms with Gasteiger partial charge in [-0.1, -0.05) is 30.3 Å². The van der Waals surface area contributed by atoms with Crippen molar-refractivity contribution in [3.63, 3.8) is 0 Å².